The van der Waals surface area contributed by atoms with Gasteiger partial charge in [-0.2, -0.15) is 0 Å². The molecular weight excluding hydrogens is 128 g/mol. The third-order valence-corrected chi connectivity index (χ3v) is 2.59. The zero-order valence-electron chi connectivity index (χ0n) is 6.17. The minimum atomic E-state index is -0.113. The van der Waals surface area contributed by atoms with Gasteiger partial charge in [-0.05, 0) is 31.1 Å². The summed E-state index contributed by atoms with van der Waals surface area (Å²) in [4.78, 5) is 10.5. The number of carbonyl (C=O) groups is 1. The third kappa shape index (κ3) is 0.917. The lowest BCUT2D eigenvalue weighted by Gasteiger charge is -2.10. The maximum absolute atomic E-state index is 10.5. The largest absolute Gasteiger partial charge is 0.462 e. The van der Waals surface area contributed by atoms with Crippen molar-refractivity contribution in [2.24, 2.45) is 11.8 Å². The Morgan fingerprint density at radius 2 is 2.30 bits per heavy atom. The predicted octanol–water partition coefficient (Wildman–Crippen LogP) is 1.35. The molecule has 3 atom stereocenters. The van der Waals surface area contributed by atoms with Gasteiger partial charge in [0.1, 0.15) is 6.10 Å². The first-order valence-electron chi connectivity index (χ1n) is 3.94. The number of carbonyl (C=O) groups excluding carboxylic acids is 1. The second kappa shape index (κ2) is 1.97. The van der Waals surface area contributed by atoms with Crippen molar-refractivity contribution in [2.75, 3.05) is 0 Å². The first-order chi connectivity index (χ1) is 4.77. The molecule has 0 N–H and O–H groups in total. The Morgan fingerprint density at radius 3 is 2.70 bits per heavy atom. The standard InChI is InChI=1S/C8H12O2/c1-5(9)10-8-3-2-6-4-7(6)8/h6-8H,2-4H2,1H3. The molecule has 2 nitrogen and oxygen atoms in total. The van der Waals surface area contributed by atoms with Gasteiger partial charge < -0.3 is 4.74 Å². The highest BCUT2D eigenvalue weighted by Crippen LogP contribution is 2.52. The first kappa shape index (κ1) is 6.20. The SMILES string of the molecule is CC(=O)OC1CCC2CC21. The molecule has 0 radical (unpaired) electrons. The van der Waals surface area contributed by atoms with Gasteiger partial charge >= 0.3 is 5.97 Å². The number of esters is 1. The zero-order chi connectivity index (χ0) is 7.14. The Morgan fingerprint density at radius 1 is 1.50 bits per heavy atom. The molecule has 0 aromatic rings. The van der Waals surface area contributed by atoms with E-state index in [-0.39, 0.29) is 12.1 Å². The molecule has 0 aromatic carbocycles. The van der Waals surface area contributed by atoms with Crippen LogP contribution in [0.1, 0.15) is 26.2 Å². The summed E-state index contributed by atoms with van der Waals surface area (Å²) >= 11 is 0. The lowest BCUT2D eigenvalue weighted by Crippen LogP contribution is -2.15. The highest BCUT2D eigenvalue weighted by Gasteiger charge is 2.49. The average Bonchev–Trinajstić information content (AvgIpc) is 2.52. The van der Waals surface area contributed by atoms with Gasteiger partial charge in [0.15, 0.2) is 0 Å². The van der Waals surface area contributed by atoms with Gasteiger partial charge in [0.25, 0.3) is 0 Å². The third-order valence-electron chi connectivity index (χ3n) is 2.59. The van der Waals surface area contributed by atoms with Crippen LogP contribution in [0, 0.1) is 11.8 Å². The smallest absolute Gasteiger partial charge is 0.302 e. The van der Waals surface area contributed by atoms with Crippen molar-refractivity contribution in [3.63, 3.8) is 0 Å². The Hall–Kier alpha value is -0.530. The molecule has 0 amide bonds. The number of ether oxygens (including phenoxy) is 1. The number of fused-ring (bicyclic) bond motifs is 1. The van der Waals surface area contributed by atoms with Crippen LogP contribution in [0.3, 0.4) is 0 Å². The zero-order valence-corrected chi connectivity index (χ0v) is 6.17. The van der Waals surface area contributed by atoms with E-state index < -0.39 is 0 Å². The van der Waals surface area contributed by atoms with Crippen molar-refractivity contribution >= 4 is 5.97 Å². The fourth-order valence-electron chi connectivity index (χ4n) is 2.01. The molecule has 3 unspecified atom stereocenters. The molecule has 0 heterocycles. The predicted molar refractivity (Wildman–Crippen MR) is 36.4 cm³/mol. The fraction of sp³-hybridized carbons (Fsp3) is 0.875. The number of hydrogen-bond acceptors (Lipinski definition) is 2. The Balaban J connectivity index is 1.88. The molecule has 2 rings (SSSR count). The molecule has 2 aliphatic rings. The van der Waals surface area contributed by atoms with Gasteiger partial charge in [0.2, 0.25) is 0 Å². The van der Waals surface area contributed by atoms with Crippen molar-refractivity contribution in [2.45, 2.75) is 32.3 Å². The van der Waals surface area contributed by atoms with Crippen molar-refractivity contribution in [3.8, 4) is 0 Å². The van der Waals surface area contributed by atoms with E-state index in [9.17, 15) is 4.79 Å². The van der Waals surface area contributed by atoms with Gasteiger partial charge in [0.05, 0.1) is 0 Å². The molecule has 0 spiro atoms. The van der Waals surface area contributed by atoms with E-state index >= 15 is 0 Å². The monoisotopic (exact) mass is 140 g/mol. The first-order valence-corrected chi connectivity index (χ1v) is 3.94. The molecule has 2 heteroatoms. The quantitative estimate of drug-likeness (QED) is 0.514. The summed E-state index contributed by atoms with van der Waals surface area (Å²) in [6.45, 7) is 1.50. The van der Waals surface area contributed by atoms with Crippen LogP contribution >= 0.6 is 0 Å². The maximum Gasteiger partial charge on any atom is 0.302 e. The van der Waals surface area contributed by atoms with Crippen LogP contribution in [0.5, 0.6) is 0 Å². The Bertz CT molecular complexity index is 165. The van der Waals surface area contributed by atoms with E-state index in [1.54, 1.807) is 0 Å². The fourth-order valence-corrected chi connectivity index (χ4v) is 2.01. The van der Waals surface area contributed by atoms with Crippen molar-refractivity contribution in [1.29, 1.82) is 0 Å². The van der Waals surface area contributed by atoms with Crippen LogP contribution in [0.4, 0.5) is 0 Å². The minimum absolute atomic E-state index is 0.113. The normalized spacial score (nSPS) is 42.7. The molecule has 10 heavy (non-hydrogen) atoms. The van der Waals surface area contributed by atoms with E-state index in [0.29, 0.717) is 0 Å². The molecule has 0 bridgehead atoms. The van der Waals surface area contributed by atoms with Gasteiger partial charge in [-0.3, -0.25) is 4.79 Å². The lowest BCUT2D eigenvalue weighted by atomic mass is 10.2. The van der Waals surface area contributed by atoms with Gasteiger partial charge in [-0.15, -0.1) is 0 Å². The molecule has 0 aliphatic heterocycles. The lowest BCUT2D eigenvalue weighted by molar-refractivity contribution is -0.146. The Kier molecular flexibility index (Phi) is 1.22. The van der Waals surface area contributed by atoms with Crippen LogP contribution < -0.4 is 0 Å². The summed E-state index contributed by atoms with van der Waals surface area (Å²) in [5.74, 6) is 1.53. The molecule has 2 aliphatic carbocycles. The van der Waals surface area contributed by atoms with Crippen LogP contribution in [-0.4, -0.2) is 12.1 Å². The summed E-state index contributed by atoms with van der Waals surface area (Å²) < 4.78 is 5.13. The second-order valence-electron chi connectivity index (χ2n) is 3.38. The second-order valence-corrected chi connectivity index (χ2v) is 3.38. The highest BCUT2D eigenvalue weighted by molar-refractivity contribution is 5.66. The van der Waals surface area contributed by atoms with Gasteiger partial charge in [-0.25, -0.2) is 0 Å². The summed E-state index contributed by atoms with van der Waals surface area (Å²) in [6, 6.07) is 0. The number of hydrogen-bond donors (Lipinski definition) is 0. The molecule has 0 aromatic heterocycles. The molecular formula is C8H12O2. The Labute approximate surface area is 60.6 Å². The van der Waals surface area contributed by atoms with Crippen LogP contribution in [-0.2, 0) is 9.53 Å². The van der Waals surface area contributed by atoms with Crippen molar-refractivity contribution < 1.29 is 9.53 Å². The topological polar surface area (TPSA) is 26.3 Å². The molecule has 2 fully saturated rings. The van der Waals surface area contributed by atoms with Crippen molar-refractivity contribution in [1.82, 2.24) is 0 Å². The molecule has 56 valence electrons. The summed E-state index contributed by atoms with van der Waals surface area (Å²) in [5.41, 5.74) is 0. The van der Waals surface area contributed by atoms with Crippen LogP contribution in [0.15, 0.2) is 0 Å². The van der Waals surface area contributed by atoms with E-state index in [0.717, 1.165) is 18.3 Å². The van der Waals surface area contributed by atoms with Crippen LogP contribution in [0.2, 0.25) is 0 Å². The van der Waals surface area contributed by atoms with Crippen molar-refractivity contribution in [3.05, 3.63) is 0 Å². The summed E-state index contributed by atoms with van der Waals surface area (Å²) in [6.07, 6.45) is 3.97. The van der Waals surface area contributed by atoms with Gasteiger partial charge in [-0.1, -0.05) is 0 Å². The van der Waals surface area contributed by atoms with E-state index in [4.69, 9.17) is 4.74 Å². The summed E-state index contributed by atoms with van der Waals surface area (Å²) in [5, 5.41) is 0. The van der Waals surface area contributed by atoms with Gasteiger partial charge in [0, 0.05) is 6.92 Å². The minimum Gasteiger partial charge on any atom is -0.462 e. The van der Waals surface area contributed by atoms with Crippen LogP contribution in [0.25, 0.3) is 0 Å². The summed E-state index contributed by atoms with van der Waals surface area (Å²) in [7, 11) is 0. The molecule has 0 saturated heterocycles. The van der Waals surface area contributed by atoms with E-state index in [2.05, 4.69) is 0 Å². The van der Waals surface area contributed by atoms with E-state index in [1.165, 1.54) is 19.8 Å². The highest BCUT2D eigenvalue weighted by atomic mass is 16.5. The molecule has 2 saturated carbocycles. The average molecular weight is 140 g/mol. The maximum atomic E-state index is 10.5. The number of rotatable bonds is 1. The van der Waals surface area contributed by atoms with E-state index in [1.807, 2.05) is 0 Å².